The van der Waals surface area contributed by atoms with Crippen molar-refractivity contribution in [1.82, 2.24) is 4.98 Å². The molecule has 37 heavy (non-hydrogen) atoms. The Morgan fingerprint density at radius 1 is 1.22 bits per heavy atom. The number of aryl methyl sites for hydroxylation is 1. The lowest BCUT2D eigenvalue weighted by Crippen LogP contribution is -2.25. The minimum absolute atomic E-state index is 0.0231. The molecule has 1 aliphatic carbocycles. The van der Waals surface area contributed by atoms with E-state index in [-0.39, 0.29) is 23.4 Å². The van der Waals surface area contributed by atoms with Crippen LogP contribution in [0.4, 0.5) is 4.39 Å². The minimum atomic E-state index is -0.218. The highest BCUT2D eigenvalue weighted by Crippen LogP contribution is 2.43. The van der Waals surface area contributed by atoms with Gasteiger partial charge < -0.3 is 4.74 Å². The van der Waals surface area contributed by atoms with E-state index < -0.39 is 0 Å². The highest BCUT2D eigenvalue weighted by atomic mass is 19.1. The third kappa shape index (κ3) is 5.61. The Kier molecular flexibility index (Phi) is 8.12. The van der Waals surface area contributed by atoms with Crippen LogP contribution in [0.1, 0.15) is 50.3 Å². The number of aliphatic imine (C=N–C) groups is 1. The van der Waals surface area contributed by atoms with Crippen molar-refractivity contribution >= 4 is 17.1 Å². The van der Waals surface area contributed by atoms with Crippen LogP contribution in [0.5, 0.6) is 0 Å². The molecule has 190 valence electrons. The summed E-state index contributed by atoms with van der Waals surface area (Å²) < 4.78 is 20.1. The molecule has 4 nitrogen and oxygen atoms in total. The van der Waals surface area contributed by atoms with Crippen molar-refractivity contribution in [2.75, 3.05) is 7.11 Å². The number of Topliss-reactive ketones (excluding diaryl/α,β-unsaturated/α-hetero) is 1. The van der Waals surface area contributed by atoms with Crippen LogP contribution in [0.3, 0.4) is 0 Å². The van der Waals surface area contributed by atoms with Crippen molar-refractivity contribution < 1.29 is 13.9 Å². The molecule has 0 radical (unpaired) electrons. The third-order valence-electron chi connectivity index (χ3n) is 6.79. The maximum absolute atomic E-state index is 14.2. The van der Waals surface area contributed by atoms with E-state index in [1.807, 2.05) is 57.2 Å². The van der Waals surface area contributed by atoms with Gasteiger partial charge in [-0.15, -0.1) is 0 Å². The van der Waals surface area contributed by atoms with Crippen LogP contribution in [0.15, 0.2) is 101 Å². The standard InChI is InChI=1S/C32H33FN2O2/c1-6-22-16-23(13-14-27(22)33)25-17-26-28(11-7-8-12-29(36)20(2)3)35-32(24-10-9-15-34-19-24)21(4)31(26)30(18-25)37-5/h7,9-11,13-20,31H,4,6,8,12H2,1-3,5H3. The maximum atomic E-state index is 14.2. The number of fused-ring (bicyclic) bond motifs is 1. The largest absolute Gasteiger partial charge is 0.500 e. The van der Waals surface area contributed by atoms with Crippen LogP contribution < -0.4 is 0 Å². The van der Waals surface area contributed by atoms with Gasteiger partial charge in [0.15, 0.2) is 0 Å². The number of benzene rings is 1. The van der Waals surface area contributed by atoms with E-state index in [9.17, 15) is 9.18 Å². The molecular formula is C32H33FN2O2. The number of methoxy groups -OCH3 is 1. The average molecular weight is 497 g/mol. The number of halogens is 1. The summed E-state index contributed by atoms with van der Waals surface area (Å²) >= 11 is 0. The number of ketones is 1. The second-order valence-electron chi connectivity index (χ2n) is 9.57. The summed E-state index contributed by atoms with van der Waals surface area (Å²) in [4.78, 5) is 21.4. The molecule has 1 aliphatic heterocycles. The fourth-order valence-electron chi connectivity index (χ4n) is 4.62. The van der Waals surface area contributed by atoms with Crippen LogP contribution in [0, 0.1) is 17.7 Å². The normalized spacial score (nSPS) is 17.5. The number of pyridine rings is 1. The maximum Gasteiger partial charge on any atom is 0.135 e. The predicted octanol–water partition coefficient (Wildman–Crippen LogP) is 7.20. The number of ether oxygens (including phenoxy) is 1. The molecule has 0 N–H and O–H groups in total. The van der Waals surface area contributed by atoms with E-state index in [0.29, 0.717) is 24.8 Å². The fraction of sp³-hybridized carbons (Fsp3) is 0.281. The fourth-order valence-corrected chi connectivity index (χ4v) is 4.62. The van der Waals surface area contributed by atoms with E-state index in [2.05, 4.69) is 17.6 Å². The lowest BCUT2D eigenvalue weighted by Gasteiger charge is -2.32. The Bertz CT molecular complexity index is 1360. The second-order valence-corrected chi connectivity index (χ2v) is 9.57. The van der Waals surface area contributed by atoms with E-state index in [0.717, 1.165) is 45.0 Å². The first-order valence-corrected chi connectivity index (χ1v) is 12.7. The zero-order valence-corrected chi connectivity index (χ0v) is 21.9. The van der Waals surface area contributed by atoms with E-state index in [1.165, 1.54) is 6.07 Å². The topological polar surface area (TPSA) is 51.5 Å². The van der Waals surface area contributed by atoms with Gasteiger partial charge in [-0.25, -0.2) is 9.38 Å². The number of nitrogens with zero attached hydrogens (tertiary/aromatic N) is 2. The number of hydrogen-bond acceptors (Lipinski definition) is 4. The molecule has 0 bridgehead atoms. The molecule has 1 unspecified atom stereocenters. The average Bonchev–Trinajstić information content (AvgIpc) is 2.92. The molecule has 2 heterocycles. The van der Waals surface area contributed by atoms with Gasteiger partial charge in [0.25, 0.3) is 0 Å². The summed E-state index contributed by atoms with van der Waals surface area (Å²) in [6, 6.07) is 9.04. The number of allylic oxidation sites excluding steroid dienone is 6. The Balaban J connectivity index is 1.83. The molecule has 0 amide bonds. The number of aromatic nitrogens is 1. The van der Waals surface area contributed by atoms with Crippen molar-refractivity contribution in [2.45, 2.75) is 40.0 Å². The monoisotopic (exact) mass is 496 g/mol. The first-order valence-electron chi connectivity index (χ1n) is 12.7. The van der Waals surface area contributed by atoms with Gasteiger partial charge in [-0.2, -0.15) is 0 Å². The third-order valence-corrected chi connectivity index (χ3v) is 6.79. The van der Waals surface area contributed by atoms with Gasteiger partial charge in [0, 0.05) is 30.3 Å². The first-order chi connectivity index (χ1) is 17.8. The molecule has 0 saturated carbocycles. The molecule has 1 aromatic carbocycles. The highest BCUT2D eigenvalue weighted by Gasteiger charge is 2.34. The molecule has 1 atom stereocenters. The zero-order chi connectivity index (χ0) is 26.5. The Hall–Kier alpha value is -3.86. The minimum Gasteiger partial charge on any atom is -0.500 e. The number of carbonyl (C=O) groups excluding carboxylic acids is 1. The molecule has 0 fully saturated rings. The van der Waals surface area contributed by atoms with Crippen LogP contribution >= 0.6 is 0 Å². The summed E-state index contributed by atoms with van der Waals surface area (Å²) in [5.74, 6) is 0.591. The molecule has 2 aromatic rings. The van der Waals surface area contributed by atoms with Gasteiger partial charge in [-0.05, 0) is 83.2 Å². The summed E-state index contributed by atoms with van der Waals surface area (Å²) in [5, 5.41) is 0. The van der Waals surface area contributed by atoms with Gasteiger partial charge in [0.2, 0.25) is 0 Å². The van der Waals surface area contributed by atoms with Crippen LogP contribution in [-0.2, 0) is 16.0 Å². The van der Waals surface area contributed by atoms with Gasteiger partial charge in [0.05, 0.1) is 24.4 Å². The Morgan fingerprint density at radius 3 is 2.70 bits per heavy atom. The van der Waals surface area contributed by atoms with Crippen LogP contribution in [-0.4, -0.2) is 23.6 Å². The Morgan fingerprint density at radius 2 is 2.03 bits per heavy atom. The summed E-state index contributed by atoms with van der Waals surface area (Å²) in [6.45, 7) is 10.2. The predicted molar refractivity (Wildman–Crippen MR) is 147 cm³/mol. The SMILES string of the molecule is C=C1C(c2cccnc2)=NC(C=CCCC(=O)C(C)C)=C2C=C(c3ccc(F)c(CC)c3)C=C(OC)C12. The first kappa shape index (κ1) is 26.2. The smallest absolute Gasteiger partial charge is 0.135 e. The molecular weight excluding hydrogens is 463 g/mol. The molecule has 4 rings (SSSR count). The number of carbonyl (C=O) groups is 1. The van der Waals surface area contributed by atoms with Crippen molar-refractivity contribution in [1.29, 1.82) is 0 Å². The van der Waals surface area contributed by atoms with Crippen molar-refractivity contribution in [2.24, 2.45) is 16.8 Å². The summed E-state index contributed by atoms with van der Waals surface area (Å²) in [6.07, 6.45) is 13.3. The molecule has 1 aromatic heterocycles. The second kappa shape index (κ2) is 11.5. The number of hydrogen-bond donors (Lipinski definition) is 0. The van der Waals surface area contributed by atoms with Crippen LogP contribution in [0.2, 0.25) is 0 Å². The van der Waals surface area contributed by atoms with Gasteiger partial charge in [0.1, 0.15) is 17.4 Å². The van der Waals surface area contributed by atoms with Gasteiger partial charge in [-0.1, -0.05) is 39.5 Å². The van der Waals surface area contributed by atoms with Crippen molar-refractivity contribution in [3.63, 3.8) is 0 Å². The van der Waals surface area contributed by atoms with Crippen molar-refractivity contribution in [3.05, 3.63) is 119 Å². The van der Waals surface area contributed by atoms with Gasteiger partial charge >= 0.3 is 0 Å². The van der Waals surface area contributed by atoms with E-state index in [1.54, 1.807) is 25.6 Å². The summed E-state index contributed by atoms with van der Waals surface area (Å²) in [5.41, 5.74) is 6.71. The molecule has 5 heteroatoms. The summed E-state index contributed by atoms with van der Waals surface area (Å²) in [7, 11) is 1.66. The molecule has 0 spiro atoms. The van der Waals surface area contributed by atoms with Gasteiger partial charge in [-0.3, -0.25) is 9.78 Å². The lowest BCUT2D eigenvalue weighted by atomic mass is 9.77. The number of rotatable bonds is 9. The van der Waals surface area contributed by atoms with E-state index >= 15 is 0 Å². The quantitative estimate of drug-likeness (QED) is 0.369. The molecule has 0 saturated heterocycles. The van der Waals surface area contributed by atoms with Crippen molar-refractivity contribution in [3.8, 4) is 0 Å². The lowest BCUT2D eigenvalue weighted by molar-refractivity contribution is -0.121. The highest BCUT2D eigenvalue weighted by molar-refractivity contribution is 6.14. The van der Waals surface area contributed by atoms with E-state index in [4.69, 9.17) is 9.73 Å². The van der Waals surface area contributed by atoms with Crippen LogP contribution in [0.25, 0.3) is 5.57 Å². The molecule has 2 aliphatic rings. The zero-order valence-electron chi connectivity index (χ0n) is 21.9. The Labute approximate surface area is 218 Å².